The van der Waals surface area contributed by atoms with E-state index in [1.54, 1.807) is 4.52 Å². The van der Waals surface area contributed by atoms with Crippen LogP contribution in [0.4, 0.5) is 24.8 Å². The number of carbonyl (C=O) groups is 1. The van der Waals surface area contributed by atoms with Crippen LogP contribution in [0, 0.1) is 0 Å². The van der Waals surface area contributed by atoms with Crippen LogP contribution >= 0.6 is 0 Å². The third-order valence-corrected chi connectivity index (χ3v) is 8.41. The number of aryl methyl sites for hydroxylation is 1. The molecule has 13 heteroatoms. The number of hydrogen-bond acceptors (Lipinski definition) is 7. The van der Waals surface area contributed by atoms with E-state index in [4.69, 9.17) is 4.98 Å². The second-order valence-electron chi connectivity index (χ2n) is 11.4. The van der Waals surface area contributed by atoms with Crippen LogP contribution in [0.15, 0.2) is 67.6 Å². The Morgan fingerprint density at radius 1 is 1.02 bits per heavy atom. The number of alkyl halides is 3. The Kier molecular flexibility index (Phi) is 8.61. The van der Waals surface area contributed by atoms with Crippen LogP contribution in [0.2, 0.25) is 0 Å². The molecule has 0 spiro atoms. The van der Waals surface area contributed by atoms with Crippen LogP contribution in [-0.4, -0.2) is 90.2 Å². The smallest absolute Gasteiger partial charge is 0.369 e. The maximum Gasteiger partial charge on any atom is 0.389 e. The lowest BCUT2D eigenvalue weighted by atomic mass is 10.00. The monoisotopic (exact) mass is 619 g/mol. The van der Waals surface area contributed by atoms with E-state index in [0.717, 1.165) is 66.6 Å². The number of nitrogens with zero attached hydrogens (tertiary/aromatic N) is 8. The van der Waals surface area contributed by atoms with E-state index >= 15 is 0 Å². The molecule has 3 aromatic heterocycles. The number of aromatic nitrogens is 5. The number of piperazine rings is 1. The second kappa shape index (κ2) is 12.8. The molecule has 2 aliphatic heterocycles. The number of anilines is 2. The van der Waals surface area contributed by atoms with Gasteiger partial charge in [0.1, 0.15) is 5.82 Å². The molecule has 1 fully saturated rings. The molecule has 236 valence electrons. The Morgan fingerprint density at radius 3 is 2.47 bits per heavy atom. The van der Waals surface area contributed by atoms with Crippen molar-refractivity contribution in [3.05, 3.63) is 84.6 Å². The molecule has 1 aromatic carbocycles. The standard InChI is InChI=1S/C32H36F3N9O/c1-23(42-20-18-41(19-21-42)22-28-36-13-17-40(28)2)24-5-7-26(8-6-24)37-31-38-30-27(4-3-14-44(30)39-31)25-10-15-43(16-11-25)29(45)9-12-32(33,34)35/h3-8,10,13-14,17H,1,9,11-12,15-16,18-22H2,2H3,(H,37,39). The maximum atomic E-state index is 12.5. The first-order chi connectivity index (χ1) is 21.6. The summed E-state index contributed by atoms with van der Waals surface area (Å²) in [4.78, 5) is 27.6. The summed E-state index contributed by atoms with van der Waals surface area (Å²) in [5.74, 6) is 1.03. The van der Waals surface area contributed by atoms with Gasteiger partial charge in [0.05, 0.1) is 13.0 Å². The van der Waals surface area contributed by atoms with E-state index < -0.39 is 24.9 Å². The minimum Gasteiger partial charge on any atom is -0.369 e. The third-order valence-electron chi connectivity index (χ3n) is 8.41. The van der Waals surface area contributed by atoms with Gasteiger partial charge in [0.25, 0.3) is 0 Å². The van der Waals surface area contributed by atoms with Crippen LogP contribution in [-0.2, 0) is 18.4 Å². The van der Waals surface area contributed by atoms with E-state index in [9.17, 15) is 18.0 Å². The second-order valence-corrected chi connectivity index (χ2v) is 11.4. The zero-order valence-electron chi connectivity index (χ0n) is 25.2. The molecule has 1 N–H and O–H groups in total. The molecule has 2 aliphatic rings. The molecule has 5 heterocycles. The number of benzene rings is 1. The molecule has 0 unspecified atom stereocenters. The average molecular weight is 620 g/mol. The summed E-state index contributed by atoms with van der Waals surface area (Å²) in [5, 5.41) is 7.87. The molecule has 0 radical (unpaired) electrons. The van der Waals surface area contributed by atoms with Crippen LogP contribution in [0.1, 0.15) is 36.2 Å². The number of amides is 1. The number of pyridine rings is 1. The topological polar surface area (TPSA) is 86.8 Å². The van der Waals surface area contributed by atoms with Crippen molar-refractivity contribution in [3.63, 3.8) is 0 Å². The SMILES string of the molecule is C=C(c1ccc(Nc2nc3c(C4=CCN(C(=O)CCC(F)(F)F)CC4)cccn3n2)cc1)N1CCN(Cc2nccn2C)CC1. The lowest BCUT2D eigenvalue weighted by molar-refractivity contribution is -0.148. The first-order valence-electron chi connectivity index (χ1n) is 15.0. The van der Waals surface area contributed by atoms with Gasteiger partial charge >= 0.3 is 6.18 Å². The summed E-state index contributed by atoms with van der Waals surface area (Å²) >= 11 is 0. The summed E-state index contributed by atoms with van der Waals surface area (Å²) in [7, 11) is 2.02. The highest BCUT2D eigenvalue weighted by atomic mass is 19.4. The van der Waals surface area contributed by atoms with Crippen molar-refractivity contribution in [3.8, 4) is 0 Å². The maximum absolute atomic E-state index is 12.5. The van der Waals surface area contributed by atoms with Crippen LogP contribution < -0.4 is 5.32 Å². The van der Waals surface area contributed by atoms with Gasteiger partial charge in [-0.15, -0.1) is 5.10 Å². The van der Waals surface area contributed by atoms with Gasteiger partial charge in [-0.05, 0) is 41.8 Å². The minimum absolute atomic E-state index is 0.269. The molecule has 4 aromatic rings. The van der Waals surface area contributed by atoms with E-state index in [2.05, 4.69) is 36.3 Å². The van der Waals surface area contributed by atoms with Crippen LogP contribution in [0.3, 0.4) is 0 Å². The minimum atomic E-state index is -4.34. The molecule has 1 saturated heterocycles. The molecule has 45 heavy (non-hydrogen) atoms. The van der Waals surface area contributed by atoms with Gasteiger partial charge in [-0.2, -0.15) is 18.2 Å². The van der Waals surface area contributed by atoms with Gasteiger partial charge in [-0.25, -0.2) is 9.50 Å². The number of imidazole rings is 1. The van der Waals surface area contributed by atoms with Gasteiger partial charge in [-0.1, -0.05) is 24.8 Å². The zero-order chi connectivity index (χ0) is 31.6. The summed E-state index contributed by atoms with van der Waals surface area (Å²) in [5.41, 5.74) is 5.42. The number of nitrogens with one attached hydrogen (secondary N) is 1. The molecule has 10 nitrogen and oxygen atoms in total. The fourth-order valence-electron chi connectivity index (χ4n) is 5.74. The summed E-state index contributed by atoms with van der Waals surface area (Å²) in [6.07, 6.45) is 2.07. The molecule has 6 rings (SSSR count). The molecular formula is C32H36F3N9O. The Morgan fingerprint density at radius 2 is 1.80 bits per heavy atom. The summed E-state index contributed by atoms with van der Waals surface area (Å²) < 4.78 is 41.3. The molecular weight excluding hydrogens is 583 g/mol. The number of halogens is 3. The van der Waals surface area contributed by atoms with Crippen LogP contribution in [0.25, 0.3) is 16.9 Å². The highest BCUT2D eigenvalue weighted by Crippen LogP contribution is 2.28. The van der Waals surface area contributed by atoms with Crippen molar-refractivity contribution in [1.29, 1.82) is 0 Å². The van der Waals surface area contributed by atoms with Crippen molar-refractivity contribution < 1.29 is 18.0 Å². The lowest BCUT2D eigenvalue weighted by Crippen LogP contribution is -2.45. The first kappa shape index (κ1) is 30.4. The van der Waals surface area contributed by atoms with Crippen molar-refractivity contribution in [2.45, 2.75) is 32.0 Å². The fraction of sp³-hybridized carbons (Fsp3) is 0.375. The number of hydrogen-bond donors (Lipinski definition) is 1. The van der Waals surface area contributed by atoms with E-state index in [1.165, 1.54) is 4.90 Å². The molecule has 0 atom stereocenters. The van der Waals surface area contributed by atoms with Crippen molar-refractivity contribution >= 4 is 34.5 Å². The predicted molar refractivity (Wildman–Crippen MR) is 166 cm³/mol. The predicted octanol–water partition coefficient (Wildman–Crippen LogP) is 4.95. The van der Waals surface area contributed by atoms with Gasteiger partial charge in [0.15, 0.2) is 5.65 Å². The van der Waals surface area contributed by atoms with Gasteiger partial charge in [0, 0.05) is 88.3 Å². The Bertz CT molecular complexity index is 1700. The highest BCUT2D eigenvalue weighted by Gasteiger charge is 2.30. The fourth-order valence-corrected chi connectivity index (χ4v) is 5.74. The summed E-state index contributed by atoms with van der Waals surface area (Å²) in [6, 6.07) is 11.9. The number of rotatable bonds is 9. The Labute approximate surface area is 259 Å². The zero-order valence-corrected chi connectivity index (χ0v) is 25.2. The van der Waals surface area contributed by atoms with Crippen LogP contribution in [0.5, 0.6) is 0 Å². The van der Waals surface area contributed by atoms with Crippen molar-refractivity contribution in [1.82, 2.24) is 38.8 Å². The molecule has 1 amide bonds. The third kappa shape index (κ3) is 7.19. The van der Waals surface area contributed by atoms with E-state index in [1.807, 2.05) is 68.1 Å². The van der Waals surface area contributed by atoms with E-state index in [0.29, 0.717) is 24.6 Å². The summed E-state index contributed by atoms with van der Waals surface area (Å²) in [6.45, 7) is 9.53. The Hall–Kier alpha value is -4.65. The Balaban J connectivity index is 1.05. The molecule has 0 aliphatic carbocycles. The molecule has 0 bridgehead atoms. The normalized spacial score (nSPS) is 16.2. The van der Waals surface area contributed by atoms with E-state index in [-0.39, 0.29) is 6.54 Å². The molecule has 0 saturated carbocycles. The number of fused-ring (bicyclic) bond motifs is 1. The average Bonchev–Trinajstić information content (AvgIpc) is 3.64. The van der Waals surface area contributed by atoms with Crippen molar-refractivity contribution in [2.75, 3.05) is 44.6 Å². The largest absolute Gasteiger partial charge is 0.389 e. The van der Waals surface area contributed by atoms with Gasteiger partial charge < -0.3 is 19.7 Å². The highest BCUT2D eigenvalue weighted by molar-refractivity contribution is 5.81. The number of carbonyl (C=O) groups excluding carboxylic acids is 1. The van der Waals surface area contributed by atoms with Gasteiger partial charge in [0.2, 0.25) is 11.9 Å². The lowest BCUT2D eigenvalue weighted by Gasteiger charge is -2.37. The first-order valence-corrected chi connectivity index (χ1v) is 15.0. The quantitative estimate of drug-likeness (QED) is 0.284. The van der Waals surface area contributed by atoms with Crippen molar-refractivity contribution in [2.24, 2.45) is 7.05 Å². The van der Waals surface area contributed by atoms with Gasteiger partial charge in [-0.3, -0.25) is 9.69 Å².